The number of ether oxygens (including phenoxy) is 3. The molecule has 1 aliphatic heterocycles. The van der Waals surface area contributed by atoms with Gasteiger partial charge in [0.25, 0.3) is 0 Å². The van der Waals surface area contributed by atoms with Crippen LogP contribution in [0.25, 0.3) is 0 Å². The van der Waals surface area contributed by atoms with Gasteiger partial charge in [0.15, 0.2) is 0 Å². The molecule has 1 spiro atoms. The molecule has 0 aromatic heterocycles. The maximum Gasteiger partial charge on any atom is 0.312 e. The van der Waals surface area contributed by atoms with Crippen molar-refractivity contribution in [2.45, 2.75) is 71.2 Å². The predicted molar refractivity (Wildman–Crippen MR) is 104 cm³/mol. The lowest BCUT2D eigenvalue weighted by atomic mass is 9.38. The summed E-state index contributed by atoms with van der Waals surface area (Å²) >= 11 is 0. The average Bonchev–Trinajstić information content (AvgIpc) is 2.81. The number of ketones is 1. The van der Waals surface area contributed by atoms with Crippen molar-refractivity contribution >= 4 is 17.7 Å². The fourth-order valence-corrected chi connectivity index (χ4v) is 8.68. The van der Waals surface area contributed by atoms with Crippen LogP contribution in [0.15, 0.2) is 0 Å². The summed E-state index contributed by atoms with van der Waals surface area (Å²) in [6, 6.07) is 0. The second-order valence-corrected chi connectivity index (χ2v) is 10.6. The summed E-state index contributed by atoms with van der Waals surface area (Å²) < 4.78 is 17.6. The average molecular weight is 421 g/mol. The second-order valence-electron chi connectivity index (χ2n) is 10.6. The van der Waals surface area contributed by atoms with Gasteiger partial charge in [-0.25, -0.2) is 0 Å². The number of aliphatic hydroxyl groups is 1. The first-order valence-electron chi connectivity index (χ1n) is 11.2. The van der Waals surface area contributed by atoms with Crippen LogP contribution < -0.4 is 0 Å². The number of carbonyl (C=O) groups excluding carboxylic acids is 3. The lowest BCUT2D eigenvalue weighted by Crippen LogP contribution is -2.74. The first-order chi connectivity index (χ1) is 14.1. The quantitative estimate of drug-likeness (QED) is 0.681. The predicted octanol–water partition coefficient (Wildman–Crippen LogP) is 1.89. The van der Waals surface area contributed by atoms with Gasteiger partial charge in [0.05, 0.1) is 29.6 Å². The van der Waals surface area contributed by atoms with Crippen molar-refractivity contribution in [2.75, 3.05) is 13.7 Å². The Morgan fingerprint density at radius 3 is 2.63 bits per heavy atom. The normalized spacial score (nSPS) is 54.1. The molecule has 0 aromatic carbocycles. The van der Waals surface area contributed by atoms with E-state index in [-0.39, 0.29) is 42.1 Å². The number of aliphatic hydroxyl groups excluding tert-OH is 1. The highest BCUT2D eigenvalue weighted by molar-refractivity contribution is 5.92. The molecule has 5 fully saturated rings. The van der Waals surface area contributed by atoms with E-state index in [2.05, 4.69) is 0 Å². The van der Waals surface area contributed by atoms with Gasteiger partial charge < -0.3 is 19.3 Å². The Morgan fingerprint density at radius 2 is 1.97 bits per heavy atom. The molecule has 4 saturated carbocycles. The van der Waals surface area contributed by atoms with Crippen molar-refractivity contribution < 1.29 is 33.7 Å². The molecule has 7 nitrogen and oxygen atoms in total. The molecule has 4 bridgehead atoms. The van der Waals surface area contributed by atoms with Crippen molar-refractivity contribution in [3.05, 3.63) is 0 Å². The minimum atomic E-state index is -1.13. The van der Waals surface area contributed by atoms with Gasteiger partial charge in [-0.15, -0.1) is 0 Å². The van der Waals surface area contributed by atoms with Crippen molar-refractivity contribution in [2.24, 2.45) is 39.9 Å². The topological polar surface area (TPSA) is 99.1 Å². The monoisotopic (exact) mass is 420 g/mol. The number of hydrogen-bond acceptors (Lipinski definition) is 7. The van der Waals surface area contributed by atoms with Crippen LogP contribution >= 0.6 is 0 Å². The molecule has 0 aromatic rings. The highest BCUT2D eigenvalue weighted by Gasteiger charge is 2.80. The highest BCUT2D eigenvalue weighted by atomic mass is 16.5. The number of fused-ring (bicyclic) bond motifs is 1. The molecule has 166 valence electrons. The summed E-state index contributed by atoms with van der Waals surface area (Å²) in [5.74, 6) is -1.59. The maximum atomic E-state index is 13.8. The third kappa shape index (κ3) is 2.11. The fraction of sp³-hybridized carbons (Fsp3) is 0.870. The number of cyclic esters (lactones) is 1. The number of rotatable bonds is 2. The zero-order chi connectivity index (χ0) is 21.6. The number of methoxy groups -OCH3 is 1. The first-order valence-corrected chi connectivity index (χ1v) is 11.2. The molecular weight excluding hydrogens is 388 g/mol. The zero-order valence-corrected chi connectivity index (χ0v) is 18.2. The molecule has 10 atom stereocenters. The van der Waals surface area contributed by atoms with E-state index >= 15 is 0 Å². The highest BCUT2D eigenvalue weighted by Crippen LogP contribution is 2.73. The summed E-state index contributed by atoms with van der Waals surface area (Å²) in [5.41, 5.74) is -2.28. The Labute approximate surface area is 176 Å². The van der Waals surface area contributed by atoms with E-state index in [1.54, 1.807) is 7.11 Å². The molecule has 0 amide bonds. The van der Waals surface area contributed by atoms with Gasteiger partial charge in [0.1, 0.15) is 11.9 Å². The molecule has 4 aliphatic carbocycles. The van der Waals surface area contributed by atoms with E-state index in [4.69, 9.17) is 14.2 Å². The van der Waals surface area contributed by atoms with Crippen LogP contribution in [0, 0.1) is 39.9 Å². The van der Waals surface area contributed by atoms with Crippen molar-refractivity contribution in [1.29, 1.82) is 0 Å². The number of esters is 2. The van der Waals surface area contributed by atoms with Crippen molar-refractivity contribution in [3.63, 3.8) is 0 Å². The molecule has 5 aliphatic rings. The lowest BCUT2D eigenvalue weighted by molar-refractivity contribution is -0.288. The van der Waals surface area contributed by atoms with Gasteiger partial charge in [-0.2, -0.15) is 0 Å². The van der Waals surface area contributed by atoms with Gasteiger partial charge in [-0.3, -0.25) is 14.4 Å². The summed E-state index contributed by atoms with van der Waals surface area (Å²) in [6.45, 7) is 5.45. The molecule has 30 heavy (non-hydrogen) atoms. The van der Waals surface area contributed by atoms with E-state index in [1.807, 2.05) is 13.8 Å². The van der Waals surface area contributed by atoms with E-state index in [9.17, 15) is 19.5 Å². The first kappa shape index (κ1) is 20.4. The van der Waals surface area contributed by atoms with Crippen LogP contribution in [0.4, 0.5) is 0 Å². The number of Topliss-reactive ketones (excluding diaryl/α,β-unsaturated/α-hetero) is 1. The van der Waals surface area contributed by atoms with E-state index in [0.717, 1.165) is 19.3 Å². The SMILES string of the molecule is CO[C@H]1C[C@H]2[C@@]3(CCC[C@@]2(C)C(=O)OC3)[C@@H]2[C@@H](OC(C)=O)C[C@@H]3[C@@H](O)C12C(=O)[C@@H]3C. The standard InChI is InChI=1S/C23H32O7/c1-11-13-8-14(30-12(2)24)17-22-7-5-6-21(3,20(27)29-10-22)15(22)9-16(28-4)23(17,18(11)25)19(13)26/h11,13-17,19,26H,5-10H2,1-4H3/t11-,13+,14+,15-,16+,17+,19-,21-,22+,23?/m1/s1. The van der Waals surface area contributed by atoms with Crippen molar-refractivity contribution in [1.82, 2.24) is 0 Å². The van der Waals surface area contributed by atoms with Crippen LogP contribution in [0.5, 0.6) is 0 Å². The minimum absolute atomic E-state index is 0.0171. The number of carbonyl (C=O) groups is 3. The largest absolute Gasteiger partial charge is 0.465 e. The van der Waals surface area contributed by atoms with Crippen LogP contribution in [0.3, 0.4) is 0 Å². The van der Waals surface area contributed by atoms with E-state index < -0.39 is 40.5 Å². The maximum absolute atomic E-state index is 13.8. The second kappa shape index (κ2) is 6.28. The van der Waals surface area contributed by atoms with Gasteiger partial charge in [0.2, 0.25) is 0 Å². The fourth-order valence-electron chi connectivity index (χ4n) is 8.68. The van der Waals surface area contributed by atoms with Gasteiger partial charge in [-0.1, -0.05) is 13.3 Å². The molecule has 0 radical (unpaired) electrons. The molecule has 1 N–H and O–H groups in total. The third-order valence-electron chi connectivity index (χ3n) is 9.71. The lowest BCUT2D eigenvalue weighted by Gasteiger charge is -2.68. The van der Waals surface area contributed by atoms with E-state index in [1.165, 1.54) is 6.92 Å². The molecule has 5 rings (SSSR count). The summed E-state index contributed by atoms with van der Waals surface area (Å²) in [4.78, 5) is 38.8. The summed E-state index contributed by atoms with van der Waals surface area (Å²) in [6.07, 6.45) is 1.51. The molecule has 1 heterocycles. The smallest absolute Gasteiger partial charge is 0.312 e. The van der Waals surface area contributed by atoms with Crippen molar-refractivity contribution in [3.8, 4) is 0 Å². The van der Waals surface area contributed by atoms with Gasteiger partial charge >= 0.3 is 11.9 Å². The van der Waals surface area contributed by atoms with Gasteiger partial charge in [-0.05, 0) is 44.4 Å². The minimum Gasteiger partial charge on any atom is -0.465 e. The summed E-state index contributed by atoms with van der Waals surface area (Å²) in [7, 11) is 1.58. The molecule has 7 heteroatoms. The Hall–Kier alpha value is -1.47. The molecular formula is C23H32O7. The van der Waals surface area contributed by atoms with Gasteiger partial charge in [0, 0.05) is 31.3 Å². The van der Waals surface area contributed by atoms with Crippen LogP contribution in [-0.4, -0.2) is 54.9 Å². The Balaban J connectivity index is 1.75. The molecule has 1 unspecified atom stereocenters. The Bertz CT molecular complexity index is 809. The third-order valence-corrected chi connectivity index (χ3v) is 9.71. The Morgan fingerprint density at radius 1 is 1.23 bits per heavy atom. The molecule has 1 saturated heterocycles. The summed E-state index contributed by atoms with van der Waals surface area (Å²) in [5, 5.41) is 11.5. The van der Waals surface area contributed by atoms with Crippen LogP contribution in [-0.2, 0) is 28.6 Å². The zero-order valence-electron chi connectivity index (χ0n) is 18.2. The van der Waals surface area contributed by atoms with Crippen LogP contribution in [0.1, 0.15) is 52.9 Å². The number of hydrogen-bond donors (Lipinski definition) is 1. The van der Waals surface area contributed by atoms with Crippen LogP contribution in [0.2, 0.25) is 0 Å². The van der Waals surface area contributed by atoms with E-state index in [0.29, 0.717) is 12.8 Å². The Kier molecular flexibility index (Phi) is 4.28.